The van der Waals surface area contributed by atoms with E-state index >= 15 is 0 Å². The molecule has 9 heteroatoms. The van der Waals surface area contributed by atoms with Crippen molar-refractivity contribution < 1.29 is 19.2 Å². The van der Waals surface area contributed by atoms with Gasteiger partial charge in [-0.3, -0.25) is 19.8 Å². The average molecular weight is 398 g/mol. The summed E-state index contributed by atoms with van der Waals surface area (Å²) in [6.07, 6.45) is 1.34. The number of carbonyl (C=O) groups is 1. The number of hydrazone groups is 1. The molecule has 0 saturated carbocycles. The van der Waals surface area contributed by atoms with E-state index in [1.807, 2.05) is 12.1 Å². The predicted molar refractivity (Wildman–Crippen MR) is 107 cm³/mol. The molecule has 1 heterocycles. The van der Waals surface area contributed by atoms with Gasteiger partial charge in [0, 0.05) is 36.8 Å². The van der Waals surface area contributed by atoms with E-state index in [0.29, 0.717) is 11.1 Å². The molecule has 1 saturated heterocycles. The Labute approximate surface area is 168 Å². The number of morpholine rings is 1. The molecule has 0 radical (unpaired) electrons. The Hall–Kier alpha value is -3.30. The van der Waals surface area contributed by atoms with Gasteiger partial charge in [0.25, 0.3) is 5.91 Å². The number of ether oxygens (including phenoxy) is 2. The molecule has 1 N–H and O–H groups in total. The molecule has 0 atom stereocenters. The van der Waals surface area contributed by atoms with Crippen molar-refractivity contribution in [3.8, 4) is 5.75 Å². The monoisotopic (exact) mass is 398 g/mol. The van der Waals surface area contributed by atoms with Crippen LogP contribution >= 0.6 is 0 Å². The fourth-order valence-electron chi connectivity index (χ4n) is 2.94. The number of nitrogens with one attached hydrogen (secondary N) is 1. The van der Waals surface area contributed by atoms with Gasteiger partial charge in [-0.15, -0.1) is 0 Å². The van der Waals surface area contributed by atoms with Crippen molar-refractivity contribution in [2.45, 2.75) is 6.54 Å². The van der Waals surface area contributed by atoms with Crippen LogP contribution in [0.3, 0.4) is 0 Å². The number of hydrogen-bond acceptors (Lipinski definition) is 7. The summed E-state index contributed by atoms with van der Waals surface area (Å²) < 4.78 is 10.3. The molecule has 0 aromatic heterocycles. The Morgan fingerprint density at radius 1 is 1.28 bits per heavy atom. The van der Waals surface area contributed by atoms with E-state index in [9.17, 15) is 14.9 Å². The van der Waals surface area contributed by atoms with Gasteiger partial charge in [0.05, 0.1) is 31.5 Å². The zero-order valence-corrected chi connectivity index (χ0v) is 16.0. The molecule has 152 valence electrons. The molecule has 0 aliphatic carbocycles. The smallest absolute Gasteiger partial charge is 0.311 e. The molecular formula is C20H22N4O5. The van der Waals surface area contributed by atoms with Crippen LogP contribution in [0.1, 0.15) is 21.5 Å². The van der Waals surface area contributed by atoms with Crippen LogP contribution in [0.2, 0.25) is 0 Å². The third-order valence-corrected chi connectivity index (χ3v) is 4.51. The van der Waals surface area contributed by atoms with E-state index in [0.717, 1.165) is 38.4 Å². The summed E-state index contributed by atoms with van der Waals surface area (Å²) in [6, 6.07) is 11.8. The number of methoxy groups -OCH3 is 1. The van der Waals surface area contributed by atoms with Gasteiger partial charge < -0.3 is 9.47 Å². The van der Waals surface area contributed by atoms with Crippen molar-refractivity contribution >= 4 is 17.8 Å². The van der Waals surface area contributed by atoms with Gasteiger partial charge in [0.2, 0.25) is 0 Å². The number of amides is 1. The van der Waals surface area contributed by atoms with Crippen LogP contribution in [0.5, 0.6) is 5.75 Å². The lowest BCUT2D eigenvalue weighted by Crippen LogP contribution is -2.35. The second kappa shape index (κ2) is 9.76. The third-order valence-electron chi connectivity index (χ3n) is 4.51. The number of nitrogens with zero attached hydrogens (tertiary/aromatic N) is 3. The molecule has 0 bridgehead atoms. The zero-order chi connectivity index (χ0) is 20.6. The first-order chi connectivity index (χ1) is 14.1. The van der Waals surface area contributed by atoms with Gasteiger partial charge >= 0.3 is 5.69 Å². The standard InChI is InChI=1S/C20H22N4O5/c1-28-19-7-4-16(12-18(19)24(26)27)13-21-22-20(25)17-5-2-15(3-6-17)14-23-8-10-29-11-9-23/h2-7,12-13H,8-11,14H2,1H3,(H,22,25)/b21-13-. The third kappa shape index (κ3) is 5.59. The first-order valence-corrected chi connectivity index (χ1v) is 9.11. The second-order valence-electron chi connectivity index (χ2n) is 6.47. The van der Waals surface area contributed by atoms with Crippen LogP contribution in [-0.2, 0) is 11.3 Å². The van der Waals surface area contributed by atoms with Crippen LogP contribution < -0.4 is 10.2 Å². The normalized spacial score (nSPS) is 14.7. The maximum absolute atomic E-state index is 12.2. The number of rotatable bonds is 7. The lowest BCUT2D eigenvalue weighted by Gasteiger charge is -2.26. The van der Waals surface area contributed by atoms with Gasteiger partial charge in [-0.1, -0.05) is 12.1 Å². The zero-order valence-electron chi connectivity index (χ0n) is 16.0. The highest BCUT2D eigenvalue weighted by Crippen LogP contribution is 2.26. The highest BCUT2D eigenvalue weighted by Gasteiger charge is 2.14. The number of nitro groups is 1. The summed E-state index contributed by atoms with van der Waals surface area (Å²) >= 11 is 0. The van der Waals surface area contributed by atoms with Gasteiger partial charge in [-0.2, -0.15) is 5.10 Å². The van der Waals surface area contributed by atoms with Crippen molar-refractivity contribution in [3.05, 3.63) is 69.3 Å². The van der Waals surface area contributed by atoms with Crippen molar-refractivity contribution in [1.82, 2.24) is 10.3 Å². The van der Waals surface area contributed by atoms with E-state index in [1.54, 1.807) is 18.2 Å². The maximum Gasteiger partial charge on any atom is 0.311 e. The summed E-state index contributed by atoms with van der Waals surface area (Å²) in [6.45, 7) is 4.12. The molecule has 29 heavy (non-hydrogen) atoms. The van der Waals surface area contributed by atoms with Gasteiger partial charge in [-0.25, -0.2) is 5.43 Å². The van der Waals surface area contributed by atoms with E-state index in [1.165, 1.54) is 25.5 Å². The van der Waals surface area contributed by atoms with Crippen LogP contribution in [0, 0.1) is 10.1 Å². The van der Waals surface area contributed by atoms with Crippen molar-refractivity contribution in [3.63, 3.8) is 0 Å². The molecule has 0 unspecified atom stereocenters. The lowest BCUT2D eigenvalue weighted by molar-refractivity contribution is -0.385. The highest BCUT2D eigenvalue weighted by atomic mass is 16.6. The summed E-state index contributed by atoms with van der Waals surface area (Å²) in [5.74, 6) is -0.199. The van der Waals surface area contributed by atoms with Gasteiger partial charge in [0.1, 0.15) is 0 Å². The summed E-state index contributed by atoms with van der Waals surface area (Å²) in [5.41, 5.74) is 4.33. The lowest BCUT2D eigenvalue weighted by atomic mass is 10.1. The van der Waals surface area contributed by atoms with Crippen molar-refractivity contribution in [2.24, 2.45) is 5.10 Å². The molecule has 1 amide bonds. The molecular weight excluding hydrogens is 376 g/mol. The number of carbonyl (C=O) groups excluding carboxylic acids is 1. The largest absolute Gasteiger partial charge is 0.490 e. The first kappa shape index (κ1) is 20.4. The minimum atomic E-state index is -0.534. The molecule has 1 aliphatic rings. The topological polar surface area (TPSA) is 106 Å². The van der Waals surface area contributed by atoms with E-state index in [4.69, 9.17) is 9.47 Å². The Balaban J connectivity index is 1.57. The Morgan fingerprint density at radius 3 is 2.66 bits per heavy atom. The molecule has 0 spiro atoms. The second-order valence-corrected chi connectivity index (χ2v) is 6.47. The molecule has 9 nitrogen and oxygen atoms in total. The Morgan fingerprint density at radius 2 is 2.00 bits per heavy atom. The highest BCUT2D eigenvalue weighted by molar-refractivity contribution is 5.95. The molecule has 2 aromatic carbocycles. The van der Waals surface area contributed by atoms with Crippen LogP contribution in [-0.4, -0.2) is 55.4 Å². The average Bonchev–Trinajstić information content (AvgIpc) is 2.74. The fraction of sp³-hybridized carbons (Fsp3) is 0.300. The molecule has 3 rings (SSSR count). The molecule has 2 aromatic rings. The quantitative estimate of drug-likeness (QED) is 0.435. The Kier molecular flexibility index (Phi) is 6.88. The first-order valence-electron chi connectivity index (χ1n) is 9.11. The van der Waals surface area contributed by atoms with Crippen molar-refractivity contribution in [1.29, 1.82) is 0 Å². The van der Waals surface area contributed by atoms with E-state index in [2.05, 4.69) is 15.4 Å². The van der Waals surface area contributed by atoms with Gasteiger partial charge in [0.15, 0.2) is 5.75 Å². The molecule has 1 fully saturated rings. The minimum absolute atomic E-state index is 0.161. The SMILES string of the molecule is COc1ccc(/C=N\NC(=O)c2ccc(CN3CCOCC3)cc2)cc1[N+](=O)[O-]. The maximum atomic E-state index is 12.2. The van der Waals surface area contributed by atoms with Crippen LogP contribution in [0.4, 0.5) is 5.69 Å². The van der Waals surface area contributed by atoms with Crippen LogP contribution in [0.25, 0.3) is 0 Å². The minimum Gasteiger partial charge on any atom is -0.490 e. The van der Waals surface area contributed by atoms with Crippen LogP contribution in [0.15, 0.2) is 47.6 Å². The summed E-state index contributed by atoms with van der Waals surface area (Å²) in [4.78, 5) is 25.1. The van der Waals surface area contributed by atoms with E-state index < -0.39 is 4.92 Å². The number of hydrogen-bond donors (Lipinski definition) is 1. The predicted octanol–water partition coefficient (Wildman–Crippen LogP) is 2.20. The summed E-state index contributed by atoms with van der Waals surface area (Å²) in [5, 5.41) is 14.9. The molecule has 1 aliphatic heterocycles. The number of nitro benzene ring substituents is 1. The summed E-state index contributed by atoms with van der Waals surface area (Å²) in [7, 11) is 1.36. The fourth-order valence-corrected chi connectivity index (χ4v) is 2.94. The number of benzene rings is 2. The van der Waals surface area contributed by atoms with Crippen molar-refractivity contribution in [2.75, 3.05) is 33.4 Å². The Bertz CT molecular complexity index is 892. The van der Waals surface area contributed by atoms with E-state index in [-0.39, 0.29) is 17.3 Å². The van der Waals surface area contributed by atoms with Gasteiger partial charge in [-0.05, 0) is 29.8 Å².